The van der Waals surface area contributed by atoms with Crippen molar-refractivity contribution in [1.29, 1.82) is 0 Å². The summed E-state index contributed by atoms with van der Waals surface area (Å²) in [5.41, 5.74) is 4.47. The molecule has 0 N–H and O–H groups in total. The van der Waals surface area contributed by atoms with Crippen molar-refractivity contribution < 1.29 is 4.79 Å². The average molecular weight is 395 g/mol. The lowest BCUT2D eigenvalue weighted by molar-refractivity contribution is -0.131. The van der Waals surface area contributed by atoms with Crippen molar-refractivity contribution >= 4 is 5.91 Å². The zero-order chi connectivity index (χ0) is 20.4. The van der Waals surface area contributed by atoms with Gasteiger partial charge < -0.3 is 4.90 Å². The molecule has 0 radical (unpaired) electrons. The Morgan fingerprint density at radius 1 is 1.21 bits per heavy atom. The molecule has 1 aromatic heterocycles. The highest BCUT2D eigenvalue weighted by molar-refractivity contribution is 5.77. The number of hydrogen-bond acceptors (Lipinski definition) is 3. The number of amides is 1. The van der Waals surface area contributed by atoms with Gasteiger partial charge in [0.1, 0.15) is 0 Å². The normalized spacial score (nSPS) is 20.7. The third-order valence-electron chi connectivity index (χ3n) is 7.12. The van der Waals surface area contributed by atoms with E-state index in [4.69, 9.17) is 0 Å². The lowest BCUT2D eigenvalue weighted by Gasteiger charge is -2.40. The van der Waals surface area contributed by atoms with Gasteiger partial charge in [-0.05, 0) is 68.7 Å². The first-order chi connectivity index (χ1) is 14.0. The Bertz CT molecular complexity index is 846. The van der Waals surface area contributed by atoms with Gasteiger partial charge in [-0.2, -0.15) is 5.10 Å². The van der Waals surface area contributed by atoms with Crippen molar-refractivity contribution in [3.63, 3.8) is 0 Å². The Hall–Kier alpha value is -2.14. The average Bonchev–Trinajstić information content (AvgIpc) is 3.27. The summed E-state index contributed by atoms with van der Waals surface area (Å²) < 4.78 is 1.88. The van der Waals surface area contributed by atoms with E-state index in [2.05, 4.69) is 54.3 Å². The first-order valence-corrected chi connectivity index (χ1v) is 11.1. The second-order valence-corrected chi connectivity index (χ2v) is 8.84. The van der Waals surface area contributed by atoms with Crippen molar-refractivity contribution in [1.82, 2.24) is 19.6 Å². The Balaban J connectivity index is 1.46. The van der Waals surface area contributed by atoms with Crippen LogP contribution in [0.3, 0.4) is 0 Å². The summed E-state index contributed by atoms with van der Waals surface area (Å²) in [4.78, 5) is 17.3. The molecule has 1 saturated heterocycles. The van der Waals surface area contributed by atoms with Gasteiger partial charge in [0.25, 0.3) is 0 Å². The first-order valence-electron chi connectivity index (χ1n) is 11.1. The van der Waals surface area contributed by atoms with Crippen LogP contribution >= 0.6 is 0 Å². The SMILES string of the molecule is CCN(CC)C(=O)CC1CC2(CCN(Cc3cnn(C)c3)CC2)c2ccccc21. The van der Waals surface area contributed by atoms with E-state index in [-0.39, 0.29) is 5.41 Å². The standard InChI is InChI=1S/C24H34N4O/c1-4-28(5-2)23(29)14-20-15-24(22-9-7-6-8-21(20)22)10-12-27(13-11-24)18-19-16-25-26(3)17-19/h6-9,16-17,20H,4-5,10-15,18H2,1-3H3. The van der Waals surface area contributed by atoms with E-state index >= 15 is 0 Å². The van der Waals surface area contributed by atoms with Crippen LogP contribution in [-0.2, 0) is 23.8 Å². The Morgan fingerprint density at radius 2 is 1.93 bits per heavy atom. The summed E-state index contributed by atoms with van der Waals surface area (Å²) in [5, 5.41) is 4.30. The molecule has 1 aromatic carbocycles. The smallest absolute Gasteiger partial charge is 0.223 e. The minimum atomic E-state index is 0.246. The lowest BCUT2D eigenvalue weighted by Crippen LogP contribution is -2.41. The van der Waals surface area contributed by atoms with Crippen LogP contribution < -0.4 is 0 Å². The number of piperidine rings is 1. The number of carbonyl (C=O) groups excluding carboxylic acids is 1. The van der Waals surface area contributed by atoms with Gasteiger partial charge in [-0.15, -0.1) is 0 Å². The number of benzene rings is 1. The maximum Gasteiger partial charge on any atom is 0.223 e. The molecule has 2 aliphatic rings. The second-order valence-electron chi connectivity index (χ2n) is 8.84. The van der Waals surface area contributed by atoms with E-state index in [1.54, 1.807) is 0 Å². The van der Waals surface area contributed by atoms with Gasteiger partial charge >= 0.3 is 0 Å². The summed E-state index contributed by atoms with van der Waals surface area (Å²) in [6.07, 6.45) is 8.23. The van der Waals surface area contributed by atoms with Crippen LogP contribution in [0.25, 0.3) is 0 Å². The number of nitrogens with zero attached hydrogens (tertiary/aromatic N) is 4. The summed E-state index contributed by atoms with van der Waals surface area (Å²) >= 11 is 0. The highest BCUT2D eigenvalue weighted by atomic mass is 16.2. The molecule has 5 nitrogen and oxygen atoms in total. The summed E-state index contributed by atoms with van der Waals surface area (Å²) in [6, 6.07) is 8.92. The molecular weight excluding hydrogens is 360 g/mol. The summed E-state index contributed by atoms with van der Waals surface area (Å²) in [6.45, 7) is 8.96. The van der Waals surface area contributed by atoms with E-state index in [9.17, 15) is 4.79 Å². The molecule has 1 amide bonds. The fourth-order valence-corrected chi connectivity index (χ4v) is 5.55. The van der Waals surface area contributed by atoms with Crippen molar-refractivity contribution in [3.8, 4) is 0 Å². The molecule has 1 unspecified atom stereocenters. The molecule has 0 bridgehead atoms. The van der Waals surface area contributed by atoms with Crippen molar-refractivity contribution in [2.45, 2.75) is 57.4 Å². The van der Waals surface area contributed by atoms with Crippen LogP contribution in [0.15, 0.2) is 36.7 Å². The third kappa shape index (κ3) is 3.97. The third-order valence-corrected chi connectivity index (χ3v) is 7.12. The quantitative estimate of drug-likeness (QED) is 0.750. The maximum absolute atomic E-state index is 12.8. The first kappa shape index (κ1) is 20.1. The van der Waals surface area contributed by atoms with Crippen LogP contribution in [0, 0.1) is 0 Å². The molecule has 2 heterocycles. The number of carbonyl (C=O) groups is 1. The minimum Gasteiger partial charge on any atom is -0.343 e. The number of likely N-dealkylation sites (tertiary alicyclic amines) is 1. The number of fused-ring (bicyclic) bond motifs is 2. The minimum absolute atomic E-state index is 0.246. The number of rotatable bonds is 6. The lowest BCUT2D eigenvalue weighted by atomic mass is 9.73. The van der Waals surface area contributed by atoms with Crippen molar-refractivity contribution in [3.05, 3.63) is 53.3 Å². The van der Waals surface area contributed by atoms with Gasteiger partial charge in [-0.3, -0.25) is 14.4 Å². The van der Waals surface area contributed by atoms with Gasteiger partial charge in [0, 0.05) is 44.9 Å². The van der Waals surface area contributed by atoms with E-state index in [0.29, 0.717) is 18.2 Å². The predicted molar refractivity (Wildman–Crippen MR) is 116 cm³/mol. The molecule has 1 spiro atoms. The molecule has 1 aliphatic carbocycles. The molecule has 0 saturated carbocycles. The Morgan fingerprint density at radius 3 is 2.59 bits per heavy atom. The molecule has 156 valence electrons. The second kappa shape index (κ2) is 8.31. The summed E-state index contributed by atoms with van der Waals surface area (Å²) in [7, 11) is 1.98. The largest absolute Gasteiger partial charge is 0.343 e. The molecule has 4 rings (SSSR count). The van der Waals surface area contributed by atoms with Gasteiger partial charge in [-0.25, -0.2) is 0 Å². The van der Waals surface area contributed by atoms with E-state index in [0.717, 1.165) is 39.1 Å². The van der Waals surface area contributed by atoms with Crippen LogP contribution in [0.5, 0.6) is 0 Å². The zero-order valence-corrected chi connectivity index (χ0v) is 18.1. The predicted octanol–water partition coefficient (Wildman–Crippen LogP) is 3.70. The van der Waals surface area contributed by atoms with E-state index in [1.807, 2.05) is 22.8 Å². The monoisotopic (exact) mass is 394 g/mol. The molecule has 29 heavy (non-hydrogen) atoms. The fourth-order valence-electron chi connectivity index (χ4n) is 5.55. The highest BCUT2D eigenvalue weighted by Gasteiger charge is 2.45. The maximum atomic E-state index is 12.8. The van der Waals surface area contributed by atoms with Gasteiger partial charge in [0.15, 0.2) is 0 Å². The van der Waals surface area contributed by atoms with E-state index in [1.165, 1.54) is 29.5 Å². The molecule has 1 atom stereocenters. The number of hydrogen-bond donors (Lipinski definition) is 0. The highest BCUT2D eigenvalue weighted by Crippen LogP contribution is 2.52. The van der Waals surface area contributed by atoms with Crippen molar-refractivity contribution in [2.24, 2.45) is 7.05 Å². The topological polar surface area (TPSA) is 41.4 Å². The van der Waals surface area contributed by atoms with Gasteiger partial charge in [0.05, 0.1) is 6.20 Å². The molecule has 1 aliphatic heterocycles. The number of aromatic nitrogens is 2. The Labute approximate surface area is 174 Å². The van der Waals surface area contributed by atoms with Crippen LogP contribution in [0.1, 0.15) is 62.1 Å². The summed E-state index contributed by atoms with van der Waals surface area (Å²) in [5.74, 6) is 0.671. The molecule has 1 fully saturated rings. The van der Waals surface area contributed by atoms with Crippen molar-refractivity contribution in [2.75, 3.05) is 26.2 Å². The molecule has 5 heteroatoms. The van der Waals surface area contributed by atoms with Crippen LogP contribution in [-0.4, -0.2) is 51.7 Å². The van der Waals surface area contributed by atoms with Crippen LogP contribution in [0.4, 0.5) is 0 Å². The molecule has 2 aromatic rings. The zero-order valence-electron chi connectivity index (χ0n) is 18.1. The van der Waals surface area contributed by atoms with E-state index < -0.39 is 0 Å². The van der Waals surface area contributed by atoms with Gasteiger partial charge in [-0.1, -0.05) is 24.3 Å². The molecular formula is C24H34N4O. The Kier molecular flexibility index (Phi) is 5.77. The van der Waals surface area contributed by atoms with Crippen LogP contribution in [0.2, 0.25) is 0 Å². The van der Waals surface area contributed by atoms with Gasteiger partial charge in [0.2, 0.25) is 5.91 Å². The fraction of sp³-hybridized carbons (Fsp3) is 0.583. The number of aryl methyl sites for hydroxylation is 1.